The molecule has 152 valence electrons. The van der Waals surface area contributed by atoms with E-state index in [2.05, 4.69) is 34.1 Å². The molecule has 1 aromatic heterocycles. The number of rotatable bonds is 6. The van der Waals surface area contributed by atoms with Gasteiger partial charge in [-0.15, -0.1) is 0 Å². The molecule has 0 amide bonds. The first-order valence-electron chi connectivity index (χ1n) is 9.96. The number of nitrogens with zero attached hydrogens (tertiary/aromatic N) is 2. The van der Waals surface area contributed by atoms with Gasteiger partial charge >= 0.3 is 5.63 Å². The number of β-amino-alcohol motifs (C(OH)–C–C–N with tert-alkyl or cyclic N) is 1. The van der Waals surface area contributed by atoms with Crippen LogP contribution >= 0.6 is 0 Å². The molecule has 2 heterocycles. The minimum absolute atomic E-state index is 0.195. The number of benzene rings is 2. The normalized spacial score (nSPS) is 16.1. The van der Waals surface area contributed by atoms with E-state index in [-0.39, 0.29) is 12.2 Å². The number of aliphatic hydroxyl groups is 1. The van der Waals surface area contributed by atoms with E-state index in [0.717, 1.165) is 37.1 Å². The van der Waals surface area contributed by atoms with Gasteiger partial charge in [0.2, 0.25) is 0 Å². The molecular formula is C23H26N2O4. The van der Waals surface area contributed by atoms with Crippen molar-refractivity contribution in [3.8, 4) is 5.75 Å². The second-order valence-electron chi connectivity index (χ2n) is 7.49. The molecule has 29 heavy (non-hydrogen) atoms. The average molecular weight is 394 g/mol. The molecule has 6 nitrogen and oxygen atoms in total. The van der Waals surface area contributed by atoms with Crippen molar-refractivity contribution < 1.29 is 14.3 Å². The van der Waals surface area contributed by atoms with Gasteiger partial charge in [0.05, 0.1) is 0 Å². The largest absolute Gasteiger partial charge is 0.491 e. The van der Waals surface area contributed by atoms with E-state index < -0.39 is 6.10 Å². The fourth-order valence-electron chi connectivity index (χ4n) is 3.77. The lowest BCUT2D eigenvalue weighted by atomic mass is 10.1. The van der Waals surface area contributed by atoms with Crippen molar-refractivity contribution in [2.75, 3.05) is 44.2 Å². The Bertz CT molecular complexity index is 1010. The fourth-order valence-corrected chi connectivity index (χ4v) is 3.77. The van der Waals surface area contributed by atoms with Gasteiger partial charge in [0.15, 0.2) is 0 Å². The number of para-hydroxylation sites is 1. The van der Waals surface area contributed by atoms with Crippen LogP contribution in [0.4, 0.5) is 5.69 Å². The molecule has 1 saturated heterocycles. The van der Waals surface area contributed by atoms with Crippen LogP contribution in [-0.4, -0.2) is 55.4 Å². The molecule has 1 N–H and O–H groups in total. The van der Waals surface area contributed by atoms with Crippen molar-refractivity contribution in [2.24, 2.45) is 0 Å². The number of anilines is 1. The fraction of sp³-hybridized carbons (Fsp3) is 0.348. The summed E-state index contributed by atoms with van der Waals surface area (Å²) >= 11 is 0. The summed E-state index contributed by atoms with van der Waals surface area (Å²) in [6, 6.07) is 17.3. The Kier molecular flexibility index (Phi) is 5.83. The Morgan fingerprint density at radius 2 is 1.83 bits per heavy atom. The maximum Gasteiger partial charge on any atom is 0.336 e. The molecule has 2 aromatic carbocycles. The molecule has 4 rings (SSSR count). The summed E-state index contributed by atoms with van der Waals surface area (Å²) in [5.74, 6) is 0.583. The lowest BCUT2D eigenvalue weighted by Crippen LogP contribution is -2.49. The van der Waals surface area contributed by atoms with Crippen LogP contribution in [0.2, 0.25) is 0 Å². The Morgan fingerprint density at radius 1 is 1.07 bits per heavy atom. The minimum atomic E-state index is -0.585. The first-order valence-corrected chi connectivity index (χ1v) is 9.96. The van der Waals surface area contributed by atoms with Gasteiger partial charge < -0.3 is 19.2 Å². The van der Waals surface area contributed by atoms with Crippen molar-refractivity contribution in [3.05, 3.63) is 70.6 Å². The van der Waals surface area contributed by atoms with Gasteiger partial charge in [0, 0.05) is 55.9 Å². The third-order valence-electron chi connectivity index (χ3n) is 5.33. The van der Waals surface area contributed by atoms with Gasteiger partial charge in [0.1, 0.15) is 24.0 Å². The van der Waals surface area contributed by atoms with Gasteiger partial charge in [-0.2, -0.15) is 0 Å². The Labute approximate surface area is 169 Å². The molecule has 1 aliphatic heterocycles. The standard InChI is InChI=1S/C23H26N2O4/c1-17-13-23(27)29-22-14-20(7-8-21(17)22)28-16-19(26)15-24-9-11-25(12-10-24)18-5-3-2-4-6-18/h2-8,13-14,19,26H,9-12,15-16H2,1H3/t19-/m1/s1. The highest BCUT2D eigenvalue weighted by Crippen LogP contribution is 2.22. The first kappa shape index (κ1) is 19.5. The van der Waals surface area contributed by atoms with E-state index in [1.807, 2.05) is 25.1 Å². The molecule has 0 bridgehead atoms. The van der Waals surface area contributed by atoms with Crippen LogP contribution in [0, 0.1) is 6.92 Å². The lowest BCUT2D eigenvalue weighted by molar-refractivity contribution is 0.0663. The highest BCUT2D eigenvalue weighted by molar-refractivity contribution is 5.81. The van der Waals surface area contributed by atoms with E-state index in [1.54, 1.807) is 6.07 Å². The van der Waals surface area contributed by atoms with Crippen LogP contribution in [-0.2, 0) is 0 Å². The minimum Gasteiger partial charge on any atom is -0.491 e. The van der Waals surface area contributed by atoms with Gasteiger partial charge in [-0.25, -0.2) is 4.79 Å². The van der Waals surface area contributed by atoms with Crippen molar-refractivity contribution in [2.45, 2.75) is 13.0 Å². The third-order valence-corrected chi connectivity index (χ3v) is 5.33. The molecular weight excluding hydrogens is 368 g/mol. The quantitative estimate of drug-likeness (QED) is 0.649. The zero-order chi connectivity index (χ0) is 20.2. The van der Waals surface area contributed by atoms with Crippen molar-refractivity contribution in [1.29, 1.82) is 0 Å². The molecule has 0 radical (unpaired) electrons. The van der Waals surface area contributed by atoms with E-state index >= 15 is 0 Å². The Balaban J connectivity index is 1.28. The van der Waals surface area contributed by atoms with E-state index in [4.69, 9.17) is 9.15 Å². The SMILES string of the molecule is Cc1cc(=O)oc2cc(OC[C@H](O)CN3CCN(c4ccccc4)CC3)ccc12. The van der Waals surface area contributed by atoms with Crippen LogP contribution in [0.15, 0.2) is 63.8 Å². The van der Waals surface area contributed by atoms with Crippen LogP contribution in [0.25, 0.3) is 11.0 Å². The number of hydrogen-bond donors (Lipinski definition) is 1. The van der Waals surface area contributed by atoms with Gasteiger partial charge in [0.25, 0.3) is 0 Å². The topological polar surface area (TPSA) is 66.2 Å². The van der Waals surface area contributed by atoms with Crippen LogP contribution in [0.1, 0.15) is 5.56 Å². The molecule has 1 aliphatic rings. The smallest absolute Gasteiger partial charge is 0.336 e. The van der Waals surface area contributed by atoms with E-state index in [1.165, 1.54) is 11.8 Å². The van der Waals surface area contributed by atoms with Gasteiger partial charge in [-0.05, 0) is 36.8 Å². The second kappa shape index (κ2) is 8.68. The van der Waals surface area contributed by atoms with E-state index in [9.17, 15) is 9.90 Å². The lowest BCUT2D eigenvalue weighted by Gasteiger charge is -2.36. The summed E-state index contributed by atoms with van der Waals surface area (Å²) in [5, 5.41) is 11.3. The summed E-state index contributed by atoms with van der Waals surface area (Å²) in [7, 11) is 0. The molecule has 1 fully saturated rings. The predicted octanol–water partition coefficient (Wildman–Crippen LogP) is 2.66. The number of hydrogen-bond acceptors (Lipinski definition) is 6. The number of piperazine rings is 1. The molecule has 6 heteroatoms. The second-order valence-corrected chi connectivity index (χ2v) is 7.49. The number of aryl methyl sites for hydroxylation is 1. The highest BCUT2D eigenvalue weighted by atomic mass is 16.5. The maximum absolute atomic E-state index is 11.6. The summed E-state index contributed by atoms with van der Waals surface area (Å²) in [4.78, 5) is 16.2. The summed E-state index contributed by atoms with van der Waals surface area (Å²) in [6.07, 6.45) is -0.585. The van der Waals surface area contributed by atoms with E-state index in [0.29, 0.717) is 17.9 Å². The van der Waals surface area contributed by atoms with Crippen LogP contribution in [0.5, 0.6) is 5.75 Å². The molecule has 0 unspecified atom stereocenters. The summed E-state index contributed by atoms with van der Waals surface area (Å²) in [5.41, 5.74) is 2.24. The molecule has 0 aliphatic carbocycles. The van der Waals surface area contributed by atoms with Crippen molar-refractivity contribution in [1.82, 2.24) is 4.90 Å². The zero-order valence-electron chi connectivity index (χ0n) is 16.6. The summed E-state index contributed by atoms with van der Waals surface area (Å²) < 4.78 is 11.0. The van der Waals surface area contributed by atoms with Gasteiger partial charge in [-0.3, -0.25) is 4.90 Å². The predicted molar refractivity (Wildman–Crippen MR) is 114 cm³/mol. The molecule has 0 spiro atoms. The number of ether oxygens (including phenoxy) is 1. The van der Waals surface area contributed by atoms with Gasteiger partial charge in [-0.1, -0.05) is 18.2 Å². The first-order chi connectivity index (χ1) is 14.1. The third kappa shape index (κ3) is 4.78. The Hall–Kier alpha value is -2.83. The highest BCUT2D eigenvalue weighted by Gasteiger charge is 2.19. The van der Waals surface area contributed by atoms with Crippen molar-refractivity contribution in [3.63, 3.8) is 0 Å². The average Bonchev–Trinajstić information content (AvgIpc) is 2.73. The van der Waals surface area contributed by atoms with Crippen molar-refractivity contribution >= 4 is 16.7 Å². The molecule has 0 saturated carbocycles. The number of aliphatic hydroxyl groups excluding tert-OH is 1. The Morgan fingerprint density at radius 3 is 2.59 bits per heavy atom. The number of fused-ring (bicyclic) bond motifs is 1. The molecule has 1 atom stereocenters. The zero-order valence-corrected chi connectivity index (χ0v) is 16.6. The summed E-state index contributed by atoms with van der Waals surface area (Å²) in [6.45, 7) is 6.35. The van der Waals surface area contributed by atoms with Crippen LogP contribution in [0.3, 0.4) is 0 Å². The molecule has 3 aromatic rings. The van der Waals surface area contributed by atoms with Crippen LogP contribution < -0.4 is 15.3 Å². The monoisotopic (exact) mass is 394 g/mol. The maximum atomic E-state index is 11.6.